The Kier molecular flexibility index (Phi) is 4.65. The van der Waals surface area contributed by atoms with Crippen LogP contribution in [0.3, 0.4) is 0 Å². The van der Waals surface area contributed by atoms with Crippen molar-refractivity contribution in [2.45, 2.75) is 46.2 Å². The molecule has 0 saturated heterocycles. The summed E-state index contributed by atoms with van der Waals surface area (Å²) < 4.78 is 11.1. The molecule has 9 heteroatoms. The van der Waals surface area contributed by atoms with Crippen LogP contribution in [0, 0.1) is 13.8 Å². The molecule has 2 aromatic heterocycles. The molecule has 2 N–H and O–H groups in total. The standard InChI is InChI=1S/C22H25N5O3S/c1-12-15(13(2)30-26-12)11-23-14-5-6-18-17(9-14)27(7-8-29-18)21-24-16-10-22(3,4)25-20(28)19(16)31-21/h5-6,9,23H,7-8,10-11H2,1-4H3,(H,25,28). The average molecular weight is 440 g/mol. The minimum absolute atomic E-state index is 0.0432. The predicted molar refractivity (Wildman–Crippen MR) is 120 cm³/mol. The van der Waals surface area contributed by atoms with Crippen molar-refractivity contribution in [2.24, 2.45) is 0 Å². The van der Waals surface area contributed by atoms with Crippen LogP contribution in [0.25, 0.3) is 0 Å². The summed E-state index contributed by atoms with van der Waals surface area (Å²) >= 11 is 1.44. The summed E-state index contributed by atoms with van der Waals surface area (Å²) in [5.74, 6) is 1.59. The number of amides is 1. The van der Waals surface area contributed by atoms with E-state index in [0.717, 1.165) is 51.4 Å². The van der Waals surface area contributed by atoms with Crippen LogP contribution in [0.2, 0.25) is 0 Å². The van der Waals surface area contributed by atoms with E-state index in [2.05, 4.69) is 26.8 Å². The van der Waals surface area contributed by atoms with Crippen molar-refractivity contribution in [1.82, 2.24) is 15.5 Å². The van der Waals surface area contributed by atoms with Crippen LogP contribution >= 0.6 is 11.3 Å². The van der Waals surface area contributed by atoms with E-state index in [1.807, 2.05) is 39.8 Å². The molecule has 8 nitrogen and oxygen atoms in total. The number of thiazole rings is 1. The molecule has 1 aromatic carbocycles. The first-order valence-electron chi connectivity index (χ1n) is 10.3. The van der Waals surface area contributed by atoms with Crippen molar-refractivity contribution in [3.05, 3.63) is 45.8 Å². The van der Waals surface area contributed by atoms with Crippen LogP contribution < -0.4 is 20.3 Å². The number of nitrogens with zero attached hydrogens (tertiary/aromatic N) is 3. The number of carbonyl (C=O) groups excluding carboxylic acids is 1. The Hall–Kier alpha value is -3.07. The summed E-state index contributed by atoms with van der Waals surface area (Å²) in [4.78, 5) is 20.2. The number of aromatic nitrogens is 2. The third-order valence-corrected chi connectivity index (χ3v) is 6.78. The van der Waals surface area contributed by atoms with E-state index in [1.54, 1.807) is 0 Å². The Labute approximate surface area is 184 Å². The number of aryl methyl sites for hydroxylation is 2. The molecule has 0 spiro atoms. The van der Waals surface area contributed by atoms with Crippen LogP contribution in [0.1, 0.15) is 46.2 Å². The van der Waals surface area contributed by atoms with Gasteiger partial charge in [-0.15, -0.1) is 0 Å². The fraction of sp³-hybridized carbons (Fsp3) is 0.409. The Bertz CT molecular complexity index is 1150. The number of rotatable bonds is 4. The van der Waals surface area contributed by atoms with Crippen molar-refractivity contribution in [2.75, 3.05) is 23.4 Å². The van der Waals surface area contributed by atoms with Gasteiger partial charge in [0.25, 0.3) is 5.91 Å². The van der Waals surface area contributed by atoms with Gasteiger partial charge < -0.3 is 24.8 Å². The summed E-state index contributed by atoms with van der Waals surface area (Å²) in [7, 11) is 0. The molecule has 0 radical (unpaired) electrons. The second-order valence-corrected chi connectivity index (χ2v) is 9.60. The average Bonchev–Trinajstić information content (AvgIpc) is 3.28. The topological polar surface area (TPSA) is 92.5 Å². The summed E-state index contributed by atoms with van der Waals surface area (Å²) in [5, 5.41) is 11.4. The van der Waals surface area contributed by atoms with E-state index in [9.17, 15) is 4.79 Å². The lowest BCUT2D eigenvalue weighted by molar-refractivity contribution is 0.0901. The molecule has 2 aliphatic rings. The minimum Gasteiger partial charge on any atom is -0.490 e. The number of hydrogen-bond acceptors (Lipinski definition) is 8. The van der Waals surface area contributed by atoms with Gasteiger partial charge in [0, 0.05) is 29.8 Å². The van der Waals surface area contributed by atoms with Gasteiger partial charge >= 0.3 is 0 Å². The summed E-state index contributed by atoms with van der Waals surface area (Å²) in [5.41, 5.74) is 4.45. The Morgan fingerprint density at radius 3 is 2.94 bits per heavy atom. The lowest BCUT2D eigenvalue weighted by Crippen LogP contribution is -2.48. The highest BCUT2D eigenvalue weighted by Crippen LogP contribution is 2.41. The van der Waals surface area contributed by atoms with E-state index in [1.165, 1.54) is 11.3 Å². The number of nitrogens with one attached hydrogen (secondary N) is 2. The van der Waals surface area contributed by atoms with Crippen molar-refractivity contribution < 1.29 is 14.1 Å². The third-order valence-electron chi connectivity index (χ3n) is 5.66. The first-order valence-corrected chi connectivity index (χ1v) is 11.1. The molecule has 31 heavy (non-hydrogen) atoms. The van der Waals surface area contributed by atoms with Crippen LogP contribution in [0.5, 0.6) is 5.75 Å². The Morgan fingerprint density at radius 1 is 1.32 bits per heavy atom. The molecule has 2 aliphatic heterocycles. The number of anilines is 3. The van der Waals surface area contributed by atoms with Gasteiger partial charge in [-0.05, 0) is 45.9 Å². The highest BCUT2D eigenvalue weighted by Gasteiger charge is 2.34. The van der Waals surface area contributed by atoms with E-state index in [-0.39, 0.29) is 11.4 Å². The molecule has 0 bridgehead atoms. The lowest BCUT2D eigenvalue weighted by atomic mass is 9.94. The van der Waals surface area contributed by atoms with Crippen LogP contribution in [-0.2, 0) is 13.0 Å². The van der Waals surface area contributed by atoms with Gasteiger partial charge in [-0.2, -0.15) is 0 Å². The highest BCUT2D eigenvalue weighted by molar-refractivity contribution is 7.17. The molecule has 0 atom stereocenters. The van der Waals surface area contributed by atoms with Gasteiger partial charge in [-0.1, -0.05) is 16.5 Å². The largest absolute Gasteiger partial charge is 0.490 e. The van der Waals surface area contributed by atoms with Crippen LogP contribution in [-0.4, -0.2) is 34.7 Å². The number of benzene rings is 1. The highest BCUT2D eigenvalue weighted by atomic mass is 32.1. The van der Waals surface area contributed by atoms with Gasteiger partial charge in [0.05, 0.1) is 23.6 Å². The number of fused-ring (bicyclic) bond motifs is 2. The maximum absolute atomic E-state index is 12.5. The molecule has 0 unspecified atom stereocenters. The van der Waals surface area contributed by atoms with E-state index < -0.39 is 0 Å². The number of carbonyl (C=O) groups is 1. The van der Waals surface area contributed by atoms with Gasteiger partial charge in [-0.3, -0.25) is 4.79 Å². The normalized spacial score (nSPS) is 16.9. The monoisotopic (exact) mass is 439 g/mol. The summed E-state index contributed by atoms with van der Waals surface area (Å²) in [6, 6.07) is 6.04. The smallest absolute Gasteiger partial charge is 0.263 e. The zero-order valence-corrected chi connectivity index (χ0v) is 18.9. The zero-order chi connectivity index (χ0) is 21.8. The van der Waals surface area contributed by atoms with Gasteiger partial charge in [0.1, 0.15) is 23.0 Å². The van der Waals surface area contributed by atoms with Crippen molar-refractivity contribution in [3.63, 3.8) is 0 Å². The minimum atomic E-state index is -0.284. The van der Waals surface area contributed by atoms with E-state index in [0.29, 0.717) is 24.6 Å². The SMILES string of the molecule is Cc1noc(C)c1CNc1ccc2c(c1)N(c1nc3c(s1)C(=O)NC(C)(C)C3)CCO2. The lowest BCUT2D eigenvalue weighted by Gasteiger charge is -2.30. The van der Waals surface area contributed by atoms with Gasteiger partial charge in [-0.25, -0.2) is 4.98 Å². The Balaban J connectivity index is 1.44. The first kappa shape index (κ1) is 19.9. The fourth-order valence-corrected chi connectivity index (χ4v) is 5.07. The number of hydrogen-bond donors (Lipinski definition) is 2. The zero-order valence-electron chi connectivity index (χ0n) is 18.0. The predicted octanol–water partition coefficient (Wildman–Crippen LogP) is 3.96. The van der Waals surface area contributed by atoms with E-state index >= 15 is 0 Å². The quantitative estimate of drug-likeness (QED) is 0.636. The Morgan fingerprint density at radius 2 is 2.16 bits per heavy atom. The van der Waals surface area contributed by atoms with Crippen LogP contribution in [0.15, 0.2) is 22.7 Å². The van der Waals surface area contributed by atoms with Gasteiger partial charge in [0.15, 0.2) is 5.13 Å². The second-order valence-electron chi connectivity index (χ2n) is 8.63. The molecule has 0 saturated carbocycles. The molecule has 3 aromatic rings. The molecule has 4 heterocycles. The molecule has 0 aliphatic carbocycles. The van der Waals surface area contributed by atoms with Crippen molar-refractivity contribution in [1.29, 1.82) is 0 Å². The third kappa shape index (κ3) is 3.63. The van der Waals surface area contributed by atoms with Gasteiger partial charge in [0.2, 0.25) is 0 Å². The first-order chi connectivity index (χ1) is 14.8. The molecule has 162 valence electrons. The van der Waals surface area contributed by atoms with Crippen molar-refractivity contribution >= 4 is 33.8 Å². The summed E-state index contributed by atoms with van der Waals surface area (Å²) in [6.07, 6.45) is 0.723. The molecular formula is C22H25N5O3S. The van der Waals surface area contributed by atoms with Crippen LogP contribution in [0.4, 0.5) is 16.5 Å². The summed E-state index contributed by atoms with van der Waals surface area (Å²) in [6.45, 7) is 9.78. The molecule has 1 amide bonds. The second kappa shape index (κ2) is 7.26. The molecule has 5 rings (SSSR count). The maximum Gasteiger partial charge on any atom is 0.263 e. The maximum atomic E-state index is 12.5. The number of ether oxygens (including phenoxy) is 1. The molecule has 0 fully saturated rings. The van der Waals surface area contributed by atoms with Crippen molar-refractivity contribution in [3.8, 4) is 5.75 Å². The fourth-order valence-electron chi connectivity index (χ4n) is 4.05. The molecular weight excluding hydrogens is 414 g/mol. The van der Waals surface area contributed by atoms with E-state index in [4.69, 9.17) is 14.2 Å².